The molecule has 0 saturated carbocycles. The molecule has 0 bridgehead atoms. The fourth-order valence-electron chi connectivity index (χ4n) is 5.00. The Kier molecular flexibility index (Phi) is 5.45. The summed E-state index contributed by atoms with van der Waals surface area (Å²) >= 11 is 0. The molecule has 1 aromatic heterocycles. The molecule has 0 aliphatic carbocycles. The molecule has 3 heteroatoms. The highest BCUT2D eigenvalue weighted by Gasteiger charge is 2.16. The van der Waals surface area contributed by atoms with Crippen molar-refractivity contribution >= 4 is 38.9 Å². The third kappa shape index (κ3) is 4.00. The van der Waals surface area contributed by atoms with Crippen molar-refractivity contribution in [1.29, 1.82) is 0 Å². The van der Waals surface area contributed by atoms with Gasteiger partial charge in [0.05, 0.1) is 0 Å². The van der Waals surface area contributed by atoms with E-state index in [1.165, 1.54) is 11.1 Å². The summed E-state index contributed by atoms with van der Waals surface area (Å²) in [5.74, 6) is 0.640. The molecule has 180 valence electrons. The molecule has 0 saturated heterocycles. The molecule has 7 aromatic rings. The molecule has 0 atom stereocenters. The van der Waals surface area contributed by atoms with E-state index in [-0.39, 0.29) is 0 Å². The fourth-order valence-corrected chi connectivity index (χ4v) is 5.00. The Morgan fingerprint density at radius 3 is 1.76 bits per heavy atom. The average Bonchev–Trinajstić information content (AvgIpc) is 3.44. The zero-order chi connectivity index (χ0) is 25.3. The van der Waals surface area contributed by atoms with Crippen LogP contribution in [0.1, 0.15) is 0 Å². The van der Waals surface area contributed by atoms with Gasteiger partial charge in [-0.3, -0.25) is 0 Å². The minimum atomic E-state index is 0.640. The van der Waals surface area contributed by atoms with Gasteiger partial charge in [0.2, 0.25) is 5.89 Å². The minimum absolute atomic E-state index is 0.640. The van der Waals surface area contributed by atoms with E-state index in [1.54, 1.807) is 0 Å². The highest BCUT2D eigenvalue weighted by molar-refractivity contribution is 6.05. The van der Waals surface area contributed by atoms with Crippen molar-refractivity contribution in [3.05, 3.63) is 146 Å². The van der Waals surface area contributed by atoms with Crippen LogP contribution in [0.15, 0.2) is 150 Å². The molecule has 0 aliphatic heterocycles. The summed E-state index contributed by atoms with van der Waals surface area (Å²) in [6.07, 6.45) is 0. The van der Waals surface area contributed by atoms with Gasteiger partial charge >= 0.3 is 0 Å². The first kappa shape index (κ1) is 22.1. The fraction of sp³-hybridized carbons (Fsp3) is 0. The molecule has 3 nitrogen and oxygen atoms in total. The molecule has 0 unspecified atom stereocenters. The zero-order valence-corrected chi connectivity index (χ0v) is 20.7. The van der Waals surface area contributed by atoms with E-state index in [2.05, 4.69) is 102 Å². The van der Waals surface area contributed by atoms with Crippen LogP contribution in [0, 0.1) is 0 Å². The van der Waals surface area contributed by atoms with E-state index in [1.807, 2.05) is 48.5 Å². The van der Waals surface area contributed by atoms with Crippen molar-refractivity contribution in [2.24, 2.45) is 0 Å². The second-order valence-corrected chi connectivity index (χ2v) is 9.29. The quantitative estimate of drug-likeness (QED) is 0.241. The lowest BCUT2D eigenvalue weighted by Gasteiger charge is -2.26. The van der Waals surface area contributed by atoms with E-state index in [0.29, 0.717) is 5.89 Å². The Labute approximate surface area is 221 Å². The molecular weight excluding hydrogens is 464 g/mol. The second-order valence-electron chi connectivity index (χ2n) is 9.29. The van der Waals surface area contributed by atoms with Crippen molar-refractivity contribution < 1.29 is 4.42 Å². The molecule has 6 aromatic carbocycles. The van der Waals surface area contributed by atoms with Crippen LogP contribution in [-0.2, 0) is 0 Å². The second kappa shape index (κ2) is 9.38. The topological polar surface area (TPSA) is 29.3 Å². The minimum Gasteiger partial charge on any atom is -0.435 e. The number of anilines is 3. The summed E-state index contributed by atoms with van der Waals surface area (Å²) in [5.41, 5.74) is 8.34. The summed E-state index contributed by atoms with van der Waals surface area (Å²) in [5, 5.41) is 2.15. The van der Waals surface area contributed by atoms with Gasteiger partial charge in [-0.15, -0.1) is 0 Å². The van der Waals surface area contributed by atoms with Gasteiger partial charge in [0.25, 0.3) is 0 Å². The number of hydrogen-bond acceptors (Lipinski definition) is 3. The third-order valence-electron chi connectivity index (χ3n) is 6.88. The van der Waals surface area contributed by atoms with E-state index < -0.39 is 0 Å². The Hall–Kier alpha value is -5.15. The van der Waals surface area contributed by atoms with E-state index >= 15 is 0 Å². The van der Waals surface area contributed by atoms with Crippen molar-refractivity contribution in [1.82, 2.24) is 4.98 Å². The molecule has 0 amide bonds. The number of rotatable bonds is 5. The van der Waals surface area contributed by atoms with Gasteiger partial charge in [-0.25, -0.2) is 4.98 Å². The molecule has 0 N–H and O–H groups in total. The number of hydrogen-bond donors (Lipinski definition) is 0. The maximum Gasteiger partial charge on any atom is 0.227 e. The summed E-state index contributed by atoms with van der Waals surface area (Å²) in [6.45, 7) is 0. The van der Waals surface area contributed by atoms with E-state index in [0.717, 1.165) is 44.5 Å². The number of aromatic nitrogens is 1. The van der Waals surface area contributed by atoms with Gasteiger partial charge in [-0.05, 0) is 77.2 Å². The van der Waals surface area contributed by atoms with Crippen molar-refractivity contribution in [2.75, 3.05) is 4.90 Å². The first-order valence-electron chi connectivity index (χ1n) is 12.7. The maximum atomic E-state index is 6.27. The van der Waals surface area contributed by atoms with Crippen LogP contribution < -0.4 is 4.90 Å². The van der Waals surface area contributed by atoms with Gasteiger partial charge in [-0.1, -0.05) is 84.9 Å². The van der Waals surface area contributed by atoms with Crippen LogP contribution in [0.4, 0.5) is 17.1 Å². The van der Waals surface area contributed by atoms with Crippen LogP contribution in [0.2, 0.25) is 0 Å². The molecule has 0 spiro atoms. The summed E-state index contributed by atoms with van der Waals surface area (Å²) in [4.78, 5) is 7.03. The monoisotopic (exact) mass is 488 g/mol. The molecule has 7 rings (SSSR count). The summed E-state index contributed by atoms with van der Waals surface area (Å²) in [7, 11) is 0. The Bertz CT molecular complexity index is 1840. The predicted molar refractivity (Wildman–Crippen MR) is 157 cm³/mol. The maximum absolute atomic E-state index is 6.27. The Morgan fingerprint density at radius 1 is 0.474 bits per heavy atom. The molecule has 38 heavy (non-hydrogen) atoms. The average molecular weight is 489 g/mol. The van der Waals surface area contributed by atoms with Gasteiger partial charge in [0.1, 0.15) is 5.52 Å². The van der Waals surface area contributed by atoms with Gasteiger partial charge in [0.15, 0.2) is 5.58 Å². The van der Waals surface area contributed by atoms with Gasteiger partial charge in [-0.2, -0.15) is 0 Å². The first-order chi connectivity index (χ1) is 18.8. The molecule has 0 radical (unpaired) electrons. The lowest BCUT2D eigenvalue weighted by molar-refractivity contribution is 0.623. The van der Waals surface area contributed by atoms with E-state index in [9.17, 15) is 0 Å². The lowest BCUT2D eigenvalue weighted by Crippen LogP contribution is -2.09. The van der Waals surface area contributed by atoms with Crippen LogP contribution in [0.5, 0.6) is 0 Å². The SMILES string of the molecule is c1ccc(-c2ccc(N(c3ccccc3)c3ccc4c(ccc5nc(-c6ccccc6)oc54)c3)cc2)cc1. The standard InChI is InChI=1S/C35H24N2O/c1-4-10-25(11-5-1)26-16-19-30(20-17-26)37(29-14-8-3-9-15-29)31-21-22-32-28(24-31)18-23-33-34(32)38-35(36-33)27-12-6-2-7-13-27/h1-24H. The summed E-state index contributed by atoms with van der Waals surface area (Å²) in [6, 6.07) is 50.4. The number of nitrogens with zero attached hydrogens (tertiary/aromatic N) is 2. The molecule has 0 fully saturated rings. The van der Waals surface area contributed by atoms with E-state index in [4.69, 9.17) is 9.40 Å². The third-order valence-corrected chi connectivity index (χ3v) is 6.88. The van der Waals surface area contributed by atoms with Crippen LogP contribution >= 0.6 is 0 Å². The van der Waals surface area contributed by atoms with Crippen molar-refractivity contribution in [3.63, 3.8) is 0 Å². The Morgan fingerprint density at radius 2 is 1.05 bits per heavy atom. The number of oxazole rings is 1. The zero-order valence-electron chi connectivity index (χ0n) is 20.7. The Balaban J connectivity index is 1.32. The normalized spacial score (nSPS) is 11.2. The van der Waals surface area contributed by atoms with Crippen LogP contribution in [-0.4, -0.2) is 4.98 Å². The van der Waals surface area contributed by atoms with Crippen molar-refractivity contribution in [3.8, 4) is 22.6 Å². The number of benzene rings is 6. The summed E-state index contributed by atoms with van der Waals surface area (Å²) < 4.78 is 6.27. The molecule has 1 heterocycles. The van der Waals surface area contributed by atoms with Crippen LogP contribution in [0.25, 0.3) is 44.5 Å². The predicted octanol–water partition coefficient (Wildman–Crippen LogP) is 9.78. The van der Waals surface area contributed by atoms with Gasteiger partial charge < -0.3 is 9.32 Å². The number of fused-ring (bicyclic) bond motifs is 3. The van der Waals surface area contributed by atoms with Gasteiger partial charge in [0, 0.05) is 28.0 Å². The highest BCUT2D eigenvalue weighted by atomic mass is 16.3. The highest BCUT2D eigenvalue weighted by Crippen LogP contribution is 2.38. The first-order valence-corrected chi connectivity index (χ1v) is 12.7. The molecule has 0 aliphatic rings. The molecular formula is C35H24N2O. The number of para-hydroxylation sites is 1. The lowest BCUT2D eigenvalue weighted by atomic mass is 10.0. The van der Waals surface area contributed by atoms with Crippen molar-refractivity contribution in [2.45, 2.75) is 0 Å². The largest absolute Gasteiger partial charge is 0.435 e. The van der Waals surface area contributed by atoms with Crippen LogP contribution in [0.3, 0.4) is 0 Å². The smallest absolute Gasteiger partial charge is 0.227 e.